The number of alkyl halides is 1. The van der Waals surface area contributed by atoms with Gasteiger partial charge in [0.15, 0.2) is 5.82 Å². The number of carboxylic acids is 1. The molecule has 1 saturated heterocycles. The predicted molar refractivity (Wildman–Crippen MR) is 103 cm³/mol. The van der Waals surface area contributed by atoms with Crippen molar-refractivity contribution in [1.29, 1.82) is 0 Å². The van der Waals surface area contributed by atoms with Crippen molar-refractivity contribution in [2.75, 3.05) is 44.8 Å². The Labute approximate surface area is 222 Å². The number of aryl methyl sites for hydroxylation is 1. The van der Waals surface area contributed by atoms with Crippen LogP contribution in [0.2, 0.25) is 0 Å². The Balaban J connectivity index is 0.000000770. The summed E-state index contributed by atoms with van der Waals surface area (Å²) < 4.78 is 52.5. The van der Waals surface area contributed by atoms with Gasteiger partial charge in [0.1, 0.15) is 23.7 Å². The van der Waals surface area contributed by atoms with Crippen LogP contribution in [0, 0.1) is 11.6 Å². The summed E-state index contributed by atoms with van der Waals surface area (Å²) in [4.78, 5) is 50.0. The molecule has 1 aromatic carbocycles. The van der Waals surface area contributed by atoms with Crippen molar-refractivity contribution < 1.29 is 93.7 Å². The van der Waals surface area contributed by atoms with E-state index < -0.39 is 48.5 Å². The first-order chi connectivity index (χ1) is 14.3. The maximum atomic E-state index is 15.2. The van der Waals surface area contributed by atoms with Crippen LogP contribution in [0.15, 0.2) is 17.1 Å². The number of phosphoric acid groups is 1. The number of aromatic nitrogens is 1. The fraction of sp³-hybridized carbons (Fsp3) is 0.412. The summed E-state index contributed by atoms with van der Waals surface area (Å²) in [5, 5.41) is 8.72. The molecule has 2 aromatic rings. The van der Waals surface area contributed by atoms with E-state index in [1.54, 1.807) is 4.90 Å². The van der Waals surface area contributed by atoms with Gasteiger partial charge in [-0.2, -0.15) is 0 Å². The fourth-order valence-electron chi connectivity index (χ4n) is 3.22. The van der Waals surface area contributed by atoms with Crippen molar-refractivity contribution in [3.05, 3.63) is 39.7 Å². The number of nitrogens with zero attached hydrogens (tertiary/aromatic N) is 3. The number of fused-ring (bicyclic) bond motifs is 1. The third kappa shape index (κ3) is 7.35. The van der Waals surface area contributed by atoms with Gasteiger partial charge in [-0.3, -0.25) is 9.36 Å². The van der Waals surface area contributed by atoms with E-state index in [9.17, 15) is 18.4 Å². The van der Waals surface area contributed by atoms with Gasteiger partial charge in [0, 0.05) is 32.4 Å². The minimum atomic E-state index is -4.89. The van der Waals surface area contributed by atoms with Crippen LogP contribution < -0.4 is 66.6 Å². The Hall–Kier alpha value is -0.804. The molecule has 1 aliphatic heterocycles. The van der Waals surface area contributed by atoms with Crippen molar-refractivity contribution in [2.45, 2.75) is 6.54 Å². The minimum absolute atomic E-state index is 0. The maximum Gasteiger partial charge on any atom is 1.00 e. The van der Waals surface area contributed by atoms with E-state index >= 15 is 4.39 Å². The topological polar surface area (TPSA) is 146 Å². The number of halogens is 3. The minimum Gasteiger partial charge on any atom is -0.756 e. The number of pyridine rings is 1. The average molecular weight is 505 g/mol. The summed E-state index contributed by atoms with van der Waals surface area (Å²) in [6.45, 7) is 0.796. The van der Waals surface area contributed by atoms with Gasteiger partial charge in [0.2, 0.25) is 5.43 Å². The normalized spacial score (nSPS) is 14.5. The molecule has 0 saturated carbocycles. The van der Waals surface area contributed by atoms with Gasteiger partial charge < -0.3 is 34.2 Å². The number of anilines is 1. The number of carbonyl (C=O) groups is 1. The molecule has 3 N–H and O–H groups in total. The van der Waals surface area contributed by atoms with Gasteiger partial charge in [0.25, 0.3) is 7.82 Å². The Morgan fingerprint density at radius 1 is 1.22 bits per heavy atom. The van der Waals surface area contributed by atoms with Crippen molar-refractivity contribution in [3.63, 3.8) is 0 Å². The number of rotatable bonds is 4. The van der Waals surface area contributed by atoms with Crippen molar-refractivity contribution >= 4 is 30.4 Å². The zero-order chi connectivity index (χ0) is 23.5. The molecule has 32 heavy (non-hydrogen) atoms. The van der Waals surface area contributed by atoms with Crippen LogP contribution >= 0.6 is 7.82 Å². The molecule has 15 heteroatoms. The molecule has 2 heterocycles. The molecule has 1 aliphatic rings. The molecular formula is C17H20F3KN3O7P. The summed E-state index contributed by atoms with van der Waals surface area (Å²) in [5.41, 5.74) is -2.21. The predicted octanol–water partition coefficient (Wildman–Crippen LogP) is -2.86. The molecule has 10 nitrogen and oxygen atoms in total. The molecule has 0 spiro atoms. The summed E-state index contributed by atoms with van der Waals surface area (Å²) >= 11 is 0. The SMILES string of the molecule is CN1CCN(c2c(F)cc3c(=O)c(C(=O)O)cn(CCF)c3c2F)CC1.O=P([O-])(O)O.[K+]. The van der Waals surface area contributed by atoms with Crippen LogP contribution in [0.1, 0.15) is 10.4 Å². The number of carboxylic acid groups (broad SMARTS) is 1. The van der Waals surface area contributed by atoms with Gasteiger partial charge >= 0.3 is 57.4 Å². The van der Waals surface area contributed by atoms with Crippen molar-refractivity contribution in [1.82, 2.24) is 9.47 Å². The third-order valence-electron chi connectivity index (χ3n) is 4.60. The van der Waals surface area contributed by atoms with Gasteiger partial charge in [-0.05, 0) is 13.1 Å². The number of piperazine rings is 1. The zero-order valence-corrected chi connectivity index (χ0v) is 21.3. The fourth-order valence-corrected chi connectivity index (χ4v) is 3.22. The Bertz CT molecular complexity index is 1080. The number of aromatic carboxylic acids is 1. The second-order valence-electron chi connectivity index (χ2n) is 6.76. The quantitative estimate of drug-likeness (QED) is 0.295. The molecule has 0 radical (unpaired) electrons. The first-order valence-corrected chi connectivity index (χ1v) is 10.4. The summed E-state index contributed by atoms with van der Waals surface area (Å²) in [5.74, 6) is -3.45. The molecular weight excluding hydrogens is 485 g/mol. The average Bonchev–Trinajstić information content (AvgIpc) is 2.64. The van der Waals surface area contributed by atoms with E-state index in [1.807, 2.05) is 11.9 Å². The monoisotopic (exact) mass is 505 g/mol. The van der Waals surface area contributed by atoms with Gasteiger partial charge in [-0.15, -0.1) is 0 Å². The van der Waals surface area contributed by atoms with E-state index in [2.05, 4.69) is 0 Å². The van der Waals surface area contributed by atoms with E-state index in [4.69, 9.17) is 24.4 Å². The number of benzene rings is 1. The first kappa shape index (κ1) is 29.2. The molecule has 1 aromatic heterocycles. The molecule has 0 bridgehead atoms. The van der Waals surface area contributed by atoms with Gasteiger partial charge in [-0.1, -0.05) is 0 Å². The first-order valence-electron chi connectivity index (χ1n) is 8.89. The van der Waals surface area contributed by atoms with E-state index in [0.717, 1.165) is 16.8 Å². The molecule has 3 rings (SSSR count). The Morgan fingerprint density at radius 3 is 2.22 bits per heavy atom. The van der Waals surface area contributed by atoms with Crippen LogP contribution in [0.3, 0.4) is 0 Å². The van der Waals surface area contributed by atoms with Crippen molar-refractivity contribution in [2.24, 2.45) is 0 Å². The second kappa shape index (κ2) is 12.1. The third-order valence-corrected chi connectivity index (χ3v) is 4.60. The largest absolute Gasteiger partial charge is 1.00 e. The summed E-state index contributed by atoms with van der Waals surface area (Å²) in [6.07, 6.45) is 0.904. The molecule has 0 aliphatic carbocycles. The molecule has 0 atom stereocenters. The van der Waals surface area contributed by atoms with Crippen LogP contribution in [0.5, 0.6) is 0 Å². The van der Waals surface area contributed by atoms with E-state index in [0.29, 0.717) is 26.2 Å². The molecule has 172 valence electrons. The van der Waals surface area contributed by atoms with Crippen LogP contribution in [0.25, 0.3) is 10.9 Å². The molecule has 1 fully saturated rings. The van der Waals surface area contributed by atoms with Crippen molar-refractivity contribution in [3.8, 4) is 0 Å². The maximum absolute atomic E-state index is 15.2. The van der Waals surface area contributed by atoms with Crippen LogP contribution in [-0.2, 0) is 11.1 Å². The molecule has 0 unspecified atom stereocenters. The summed E-state index contributed by atoms with van der Waals surface area (Å²) in [6, 6.07) is 0.843. The number of hydrogen-bond donors (Lipinski definition) is 3. The Kier molecular flexibility index (Phi) is 11.0. The van der Waals surface area contributed by atoms with Gasteiger partial charge in [0.05, 0.1) is 17.4 Å². The standard InChI is InChI=1S/C17H18F3N3O3.K.H3O4P/c1-21-4-6-22(7-5-21)15-12(19)8-10-14(13(15)20)23(3-2-18)9-11(16(10)24)17(25)26;;1-5(2,3)4/h8-9H,2-7H2,1H3,(H,25,26);;(H3,1,2,3,4)/q;+1;/p-1. The second-order valence-corrected chi connectivity index (χ2v) is 7.74. The van der Waals surface area contributed by atoms with Crippen LogP contribution in [-0.4, -0.2) is 70.2 Å². The summed E-state index contributed by atoms with van der Waals surface area (Å²) in [7, 11) is -2.99. The molecule has 0 amide bonds. The van der Waals surface area contributed by atoms with Gasteiger partial charge in [-0.25, -0.2) is 18.0 Å². The zero-order valence-electron chi connectivity index (χ0n) is 17.3. The van der Waals surface area contributed by atoms with E-state index in [1.165, 1.54) is 0 Å². The number of hydrogen-bond acceptors (Lipinski definition) is 6. The van der Waals surface area contributed by atoms with E-state index in [-0.39, 0.29) is 69.1 Å². The number of likely N-dealkylation sites (N-methyl/N-ethyl adjacent to an activating group) is 1. The smallest absolute Gasteiger partial charge is 0.756 e. The van der Waals surface area contributed by atoms with Crippen LogP contribution in [0.4, 0.5) is 18.9 Å². The Morgan fingerprint density at radius 2 is 1.75 bits per heavy atom.